The maximum atomic E-state index is 11.0. The summed E-state index contributed by atoms with van der Waals surface area (Å²) in [6.07, 6.45) is 17.2. The molecule has 0 saturated carbocycles. The third-order valence-corrected chi connectivity index (χ3v) is 2.93. The number of hydrogen-bond donors (Lipinski definition) is 0. The van der Waals surface area contributed by atoms with E-state index in [1.54, 1.807) is 0 Å². The molecule has 1 heterocycles. The number of cyclic esters (lactones) is 1. The van der Waals surface area contributed by atoms with Crippen molar-refractivity contribution in [2.45, 2.75) is 64.4 Å². The first-order valence-electron chi connectivity index (χ1n) is 6.84. The van der Waals surface area contributed by atoms with E-state index in [9.17, 15) is 4.79 Å². The van der Waals surface area contributed by atoms with Gasteiger partial charge in [0.05, 0.1) is 6.42 Å². The minimum atomic E-state index is -0.0963. The molecule has 0 saturated heterocycles. The van der Waals surface area contributed by atoms with Crippen molar-refractivity contribution in [2.75, 3.05) is 0 Å². The summed E-state index contributed by atoms with van der Waals surface area (Å²) in [5.74, 6) is -0.0963. The van der Waals surface area contributed by atoms with Crippen molar-refractivity contribution in [1.29, 1.82) is 0 Å². The van der Waals surface area contributed by atoms with Crippen LogP contribution in [0.1, 0.15) is 58.3 Å². The molecule has 0 bridgehead atoms. The van der Waals surface area contributed by atoms with Gasteiger partial charge in [-0.3, -0.25) is 4.79 Å². The molecule has 0 aromatic heterocycles. The van der Waals surface area contributed by atoms with Crippen molar-refractivity contribution in [2.24, 2.45) is 0 Å². The summed E-state index contributed by atoms with van der Waals surface area (Å²) in [5, 5.41) is 0. The van der Waals surface area contributed by atoms with Crippen LogP contribution in [0.5, 0.6) is 0 Å². The number of hydrogen-bond acceptors (Lipinski definition) is 2. The molecule has 0 fully saturated rings. The fraction of sp³-hybridized carbons (Fsp3) is 0.667. The van der Waals surface area contributed by atoms with Crippen LogP contribution in [0.25, 0.3) is 0 Å². The van der Waals surface area contributed by atoms with Crippen LogP contribution in [0.2, 0.25) is 0 Å². The molecule has 96 valence electrons. The molecular weight excluding hydrogens is 212 g/mol. The Morgan fingerprint density at radius 2 is 2.12 bits per heavy atom. The zero-order chi connectivity index (χ0) is 12.3. The van der Waals surface area contributed by atoms with Gasteiger partial charge in [-0.1, -0.05) is 44.4 Å². The van der Waals surface area contributed by atoms with Crippen molar-refractivity contribution >= 4 is 5.97 Å². The van der Waals surface area contributed by atoms with Gasteiger partial charge >= 0.3 is 5.97 Å². The van der Waals surface area contributed by atoms with E-state index in [1.807, 2.05) is 12.2 Å². The van der Waals surface area contributed by atoms with Crippen LogP contribution in [0.15, 0.2) is 24.3 Å². The molecule has 0 N–H and O–H groups in total. The Kier molecular flexibility index (Phi) is 7.44. The summed E-state index contributed by atoms with van der Waals surface area (Å²) in [6, 6.07) is 0. The van der Waals surface area contributed by atoms with E-state index in [0.717, 1.165) is 12.8 Å². The zero-order valence-electron chi connectivity index (χ0n) is 10.9. The number of rotatable bonds is 8. The Morgan fingerprint density at radius 3 is 2.88 bits per heavy atom. The fourth-order valence-electron chi connectivity index (χ4n) is 1.91. The maximum Gasteiger partial charge on any atom is 0.310 e. The van der Waals surface area contributed by atoms with Crippen LogP contribution < -0.4 is 0 Å². The standard InChI is InChI=1S/C15H24O2/c1-2-3-4-5-6-7-8-9-11-14-12-10-13-15(16)17-14/h7-8,10,12,14H,2-6,9,11,13H2,1H3. The Balaban J connectivity index is 1.99. The van der Waals surface area contributed by atoms with E-state index in [2.05, 4.69) is 19.1 Å². The van der Waals surface area contributed by atoms with Gasteiger partial charge < -0.3 is 4.74 Å². The fourth-order valence-corrected chi connectivity index (χ4v) is 1.91. The van der Waals surface area contributed by atoms with Gasteiger partial charge in [0.25, 0.3) is 0 Å². The first-order valence-corrected chi connectivity index (χ1v) is 6.84. The van der Waals surface area contributed by atoms with Crippen molar-refractivity contribution in [3.8, 4) is 0 Å². The van der Waals surface area contributed by atoms with E-state index in [-0.39, 0.29) is 12.1 Å². The largest absolute Gasteiger partial charge is 0.458 e. The van der Waals surface area contributed by atoms with Crippen molar-refractivity contribution in [3.63, 3.8) is 0 Å². The summed E-state index contributed by atoms with van der Waals surface area (Å²) in [5.41, 5.74) is 0. The average molecular weight is 236 g/mol. The Labute approximate surface area is 105 Å². The lowest BCUT2D eigenvalue weighted by molar-refractivity contribution is -0.147. The molecule has 1 aliphatic rings. The number of unbranched alkanes of at least 4 members (excludes halogenated alkanes) is 4. The Morgan fingerprint density at radius 1 is 1.29 bits per heavy atom. The van der Waals surface area contributed by atoms with Crippen LogP contribution in [0, 0.1) is 0 Å². The first-order chi connectivity index (χ1) is 8.33. The molecular formula is C15H24O2. The molecule has 0 amide bonds. The molecule has 1 aliphatic heterocycles. The second-order valence-electron chi connectivity index (χ2n) is 4.56. The lowest BCUT2D eigenvalue weighted by Crippen LogP contribution is -2.18. The molecule has 0 aromatic carbocycles. The molecule has 1 rings (SSSR count). The summed E-state index contributed by atoms with van der Waals surface area (Å²) >= 11 is 0. The summed E-state index contributed by atoms with van der Waals surface area (Å²) in [6.45, 7) is 2.23. The van der Waals surface area contributed by atoms with Crippen molar-refractivity contribution < 1.29 is 9.53 Å². The van der Waals surface area contributed by atoms with Crippen LogP contribution in [-0.4, -0.2) is 12.1 Å². The van der Waals surface area contributed by atoms with E-state index < -0.39 is 0 Å². The van der Waals surface area contributed by atoms with Gasteiger partial charge in [-0.05, 0) is 31.8 Å². The van der Waals surface area contributed by atoms with Crippen molar-refractivity contribution in [3.05, 3.63) is 24.3 Å². The average Bonchev–Trinajstić information content (AvgIpc) is 2.33. The molecule has 0 aliphatic carbocycles. The molecule has 0 spiro atoms. The molecule has 2 heteroatoms. The Hall–Kier alpha value is -1.05. The number of carbonyl (C=O) groups excluding carboxylic acids is 1. The third-order valence-electron chi connectivity index (χ3n) is 2.93. The van der Waals surface area contributed by atoms with Crippen LogP contribution in [0.4, 0.5) is 0 Å². The predicted molar refractivity (Wildman–Crippen MR) is 70.8 cm³/mol. The normalized spacial score (nSPS) is 19.8. The van der Waals surface area contributed by atoms with Crippen LogP contribution in [0.3, 0.4) is 0 Å². The molecule has 1 unspecified atom stereocenters. The van der Waals surface area contributed by atoms with Crippen LogP contribution >= 0.6 is 0 Å². The molecule has 0 aromatic rings. The summed E-state index contributed by atoms with van der Waals surface area (Å²) in [7, 11) is 0. The highest BCUT2D eigenvalue weighted by atomic mass is 16.5. The Bertz CT molecular complexity index is 266. The highest BCUT2D eigenvalue weighted by Gasteiger charge is 2.13. The second kappa shape index (κ2) is 9.03. The van der Waals surface area contributed by atoms with E-state index in [4.69, 9.17) is 4.74 Å². The smallest absolute Gasteiger partial charge is 0.310 e. The second-order valence-corrected chi connectivity index (χ2v) is 4.56. The van der Waals surface area contributed by atoms with Gasteiger partial charge in [-0.15, -0.1) is 0 Å². The highest BCUT2D eigenvalue weighted by Crippen LogP contribution is 2.12. The first kappa shape index (κ1) is 14.0. The lowest BCUT2D eigenvalue weighted by atomic mass is 10.1. The molecule has 2 nitrogen and oxygen atoms in total. The highest BCUT2D eigenvalue weighted by molar-refractivity contribution is 5.72. The third kappa shape index (κ3) is 6.98. The van der Waals surface area contributed by atoms with Crippen molar-refractivity contribution in [1.82, 2.24) is 0 Å². The van der Waals surface area contributed by atoms with Gasteiger partial charge in [0, 0.05) is 0 Å². The minimum Gasteiger partial charge on any atom is -0.458 e. The maximum absolute atomic E-state index is 11.0. The lowest BCUT2D eigenvalue weighted by Gasteiger charge is -2.16. The number of allylic oxidation sites excluding steroid dienone is 2. The van der Waals surface area contributed by atoms with Gasteiger partial charge in [-0.25, -0.2) is 0 Å². The predicted octanol–water partition coefficient (Wildman–Crippen LogP) is 4.16. The van der Waals surface area contributed by atoms with Gasteiger partial charge in [0.15, 0.2) is 0 Å². The van der Waals surface area contributed by atoms with E-state index in [0.29, 0.717) is 6.42 Å². The summed E-state index contributed by atoms with van der Waals surface area (Å²) in [4.78, 5) is 11.0. The molecule has 0 radical (unpaired) electrons. The zero-order valence-corrected chi connectivity index (χ0v) is 10.9. The topological polar surface area (TPSA) is 26.3 Å². The van der Waals surface area contributed by atoms with Crippen LogP contribution in [-0.2, 0) is 9.53 Å². The quantitative estimate of drug-likeness (QED) is 0.359. The number of esters is 1. The number of carbonyl (C=O) groups is 1. The van der Waals surface area contributed by atoms with Gasteiger partial charge in [0.2, 0.25) is 0 Å². The molecule has 1 atom stereocenters. The number of ether oxygens (including phenoxy) is 1. The summed E-state index contributed by atoms with van der Waals surface area (Å²) < 4.78 is 5.19. The van der Waals surface area contributed by atoms with E-state index in [1.165, 1.54) is 32.1 Å². The monoisotopic (exact) mass is 236 g/mol. The SMILES string of the molecule is CCCCCCC=CCCC1C=CCC(=O)O1. The van der Waals surface area contributed by atoms with Gasteiger partial charge in [-0.2, -0.15) is 0 Å². The van der Waals surface area contributed by atoms with E-state index >= 15 is 0 Å². The molecule has 17 heavy (non-hydrogen) atoms. The van der Waals surface area contributed by atoms with Gasteiger partial charge in [0.1, 0.15) is 6.10 Å². The minimum absolute atomic E-state index is 0.000918.